The van der Waals surface area contributed by atoms with E-state index in [0.29, 0.717) is 42.9 Å². The molecule has 9 heteroatoms. The monoisotopic (exact) mass is 462 g/mol. The van der Waals surface area contributed by atoms with E-state index in [0.717, 1.165) is 10.3 Å². The number of imidazole rings is 1. The Kier molecular flexibility index (Phi) is 5.69. The molecule has 4 aromatic rings. The molecule has 1 N–H and O–H groups in total. The van der Waals surface area contributed by atoms with Crippen LogP contribution in [0.5, 0.6) is 0 Å². The highest BCUT2D eigenvalue weighted by Crippen LogP contribution is 2.39. The Hall–Kier alpha value is -2.25. The second-order valence-electron chi connectivity index (χ2n) is 5.98. The molecule has 0 aliphatic rings. The fraction of sp³-hybridized carbons (Fsp3) is 0.0500. The minimum absolute atomic E-state index is 0.213. The maximum atomic E-state index is 11.1. The van der Waals surface area contributed by atoms with Crippen molar-refractivity contribution in [3.8, 4) is 34.0 Å². The number of hydrogen-bond acceptors (Lipinski definition) is 5. The first kappa shape index (κ1) is 20.0. The molecule has 2 aromatic carbocycles. The SMILES string of the molecule is CSc1nccc(-c2c(-c3ccc(Cl)cc3)nc(-c3c(Cl)cccc3Cl)n2O)n1. The summed E-state index contributed by atoms with van der Waals surface area (Å²) in [5, 5.41) is 13.0. The summed E-state index contributed by atoms with van der Waals surface area (Å²) in [7, 11) is 0. The van der Waals surface area contributed by atoms with Crippen LogP contribution < -0.4 is 0 Å². The zero-order valence-electron chi connectivity index (χ0n) is 15.0. The lowest BCUT2D eigenvalue weighted by atomic mass is 10.1. The molecule has 0 fully saturated rings. The molecule has 0 bridgehead atoms. The summed E-state index contributed by atoms with van der Waals surface area (Å²) in [6, 6.07) is 14.0. The van der Waals surface area contributed by atoms with E-state index in [-0.39, 0.29) is 5.82 Å². The van der Waals surface area contributed by atoms with Gasteiger partial charge in [0, 0.05) is 16.8 Å². The van der Waals surface area contributed by atoms with E-state index in [2.05, 4.69) is 15.0 Å². The second kappa shape index (κ2) is 8.24. The normalized spacial score (nSPS) is 11.0. The van der Waals surface area contributed by atoms with Gasteiger partial charge in [0.25, 0.3) is 0 Å². The highest BCUT2D eigenvalue weighted by molar-refractivity contribution is 7.98. The van der Waals surface area contributed by atoms with E-state index in [1.54, 1.807) is 42.6 Å². The predicted molar refractivity (Wildman–Crippen MR) is 118 cm³/mol. The van der Waals surface area contributed by atoms with Crippen LogP contribution in [0.15, 0.2) is 59.9 Å². The summed E-state index contributed by atoms with van der Waals surface area (Å²) in [4.78, 5) is 13.4. The maximum Gasteiger partial charge on any atom is 0.187 e. The fourth-order valence-electron chi connectivity index (χ4n) is 2.90. The zero-order valence-corrected chi connectivity index (χ0v) is 18.1. The minimum atomic E-state index is 0.213. The van der Waals surface area contributed by atoms with Crippen molar-refractivity contribution >= 4 is 46.6 Å². The van der Waals surface area contributed by atoms with Gasteiger partial charge in [-0.3, -0.25) is 0 Å². The molecule has 2 aromatic heterocycles. The fourth-order valence-corrected chi connectivity index (χ4v) is 3.94. The van der Waals surface area contributed by atoms with Gasteiger partial charge in [-0.15, -0.1) is 0 Å². The number of thioether (sulfide) groups is 1. The largest absolute Gasteiger partial charge is 0.426 e. The Bertz CT molecular complexity index is 1170. The van der Waals surface area contributed by atoms with Gasteiger partial charge in [0.2, 0.25) is 0 Å². The third-order valence-corrected chi connectivity index (χ3v) is 5.66. The van der Waals surface area contributed by atoms with Gasteiger partial charge in [-0.1, -0.05) is 64.8 Å². The molecule has 0 amide bonds. The van der Waals surface area contributed by atoms with Crippen LogP contribution >= 0.6 is 46.6 Å². The van der Waals surface area contributed by atoms with E-state index in [9.17, 15) is 5.21 Å². The Balaban J connectivity index is 2.02. The molecule has 4 rings (SSSR count). The van der Waals surface area contributed by atoms with Gasteiger partial charge in [-0.05, 0) is 36.6 Å². The van der Waals surface area contributed by atoms with Crippen molar-refractivity contribution in [3.63, 3.8) is 0 Å². The summed E-state index contributed by atoms with van der Waals surface area (Å²) < 4.78 is 0.962. The molecule has 2 heterocycles. The molecule has 146 valence electrons. The lowest BCUT2D eigenvalue weighted by Gasteiger charge is -2.08. The van der Waals surface area contributed by atoms with E-state index in [4.69, 9.17) is 34.8 Å². The van der Waals surface area contributed by atoms with Gasteiger partial charge in [-0.2, -0.15) is 4.73 Å². The predicted octanol–water partition coefficient (Wildman–Crippen LogP) is 6.59. The molecule has 0 unspecified atom stereocenters. The number of aromatic nitrogens is 4. The molecular weight excluding hydrogens is 451 g/mol. The summed E-state index contributed by atoms with van der Waals surface area (Å²) in [6.45, 7) is 0. The van der Waals surface area contributed by atoms with Crippen LogP contribution in [0.1, 0.15) is 0 Å². The van der Waals surface area contributed by atoms with Crippen LogP contribution in [0.3, 0.4) is 0 Å². The van der Waals surface area contributed by atoms with Gasteiger partial charge in [-0.25, -0.2) is 15.0 Å². The van der Waals surface area contributed by atoms with E-state index in [1.165, 1.54) is 11.8 Å². The molecule has 5 nitrogen and oxygen atoms in total. The van der Waals surface area contributed by atoms with Crippen LogP contribution in [0, 0.1) is 0 Å². The van der Waals surface area contributed by atoms with Crippen LogP contribution in [0.2, 0.25) is 15.1 Å². The molecule has 0 atom stereocenters. The summed E-state index contributed by atoms with van der Waals surface area (Å²) in [5.41, 5.74) is 2.61. The number of hydrogen-bond donors (Lipinski definition) is 1. The van der Waals surface area contributed by atoms with Crippen LogP contribution in [0.4, 0.5) is 0 Å². The molecule has 0 spiro atoms. The summed E-state index contributed by atoms with van der Waals surface area (Å²) in [5.74, 6) is 0.213. The Labute approximate surface area is 186 Å². The smallest absolute Gasteiger partial charge is 0.187 e. The van der Waals surface area contributed by atoms with Crippen molar-refractivity contribution in [2.24, 2.45) is 0 Å². The van der Waals surface area contributed by atoms with E-state index < -0.39 is 0 Å². The lowest BCUT2D eigenvalue weighted by Crippen LogP contribution is -2.00. The average Bonchev–Trinajstić information content (AvgIpc) is 3.05. The topological polar surface area (TPSA) is 63.8 Å². The standard InChI is InChI=1S/C20H13Cl3N4OS/c1-29-20-24-10-9-15(25-20)18-17(11-5-7-12(21)8-6-11)26-19(27(18)28)16-13(22)3-2-4-14(16)23/h2-10,28H,1H3. The molecule has 0 saturated heterocycles. The van der Waals surface area contributed by atoms with E-state index in [1.807, 2.05) is 18.4 Å². The molecule has 29 heavy (non-hydrogen) atoms. The van der Waals surface area contributed by atoms with Gasteiger partial charge in [0.05, 0.1) is 21.3 Å². The highest BCUT2D eigenvalue weighted by atomic mass is 35.5. The quantitative estimate of drug-likeness (QED) is 0.210. The van der Waals surface area contributed by atoms with Crippen molar-refractivity contribution in [3.05, 3.63) is 69.8 Å². The average molecular weight is 464 g/mol. The Morgan fingerprint density at radius 2 is 1.62 bits per heavy atom. The maximum absolute atomic E-state index is 11.1. The van der Waals surface area contributed by atoms with Gasteiger partial charge >= 0.3 is 0 Å². The Morgan fingerprint density at radius 3 is 2.28 bits per heavy atom. The summed E-state index contributed by atoms with van der Waals surface area (Å²) >= 11 is 20.2. The first-order valence-corrected chi connectivity index (χ1v) is 10.7. The van der Waals surface area contributed by atoms with Crippen molar-refractivity contribution < 1.29 is 5.21 Å². The van der Waals surface area contributed by atoms with Gasteiger partial charge in [0.1, 0.15) is 11.4 Å². The van der Waals surface area contributed by atoms with Crippen molar-refractivity contribution in [1.82, 2.24) is 19.7 Å². The third kappa shape index (κ3) is 3.81. The first-order valence-electron chi connectivity index (χ1n) is 8.39. The van der Waals surface area contributed by atoms with Crippen LogP contribution in [0.25, 0.3) is 34.0 Å². The molecular formula is C20H13Cl3N4OS. The lowest BCUT2D eigenvalue weighted by molar-refractivity contribution is 0.195. The van der Waals surface area contributed by atoms with Crippen molar-refractivity contribution in [2.75, 3.05) is 6.26 Å². The highest BCUT2D eigenvalue weighted by Gasteiger charge is 2.25. The van der Waals surface area contributed by atoms with Crippen LogP contribution in [-0.2, 0) is 0 Å². The molecule has 0 saturated carbocycles. The number of halogens is 3. The van der Waals surface area contributed by atoms with Crippen LogP contribution in [-0.4, -0.2) is 31.1 Å². The van der Waals surface area contributed by atoms with Crippen molar-refractivity contribution in [1.29, 1.82) is 0 Å². The van der Waals surface area contributed by atoms with Crippen molar-refractivity contribution in [2.45, 2.75) is 5.16 Å². The number of rotatable bonds is 4. The van der Waals surface area contributed by atoms with Gasteiger partial charge < -0.3 is 5.21 Å². The molecule has 0 radical (unpaired) electrons. The number of nitrogens with zero attached hydrogens (tertiary/aromatic N) is 4. The zero-order chi connectivity index (χ0) is 20.5. The van der Waals surface area contributed by atoms with E-state index >= 15 is 0 Å². The number of benzene rings is 2. The second-order valence-corrected chi connectivity index (χ2v) is 8.00. The first-order chi connectivity index (χ1) is 14.0. The summed E-state index contributed by atoms with van der Waals surface area (Å²) in [6.07, 6.45) is 3.51. The minimum Gasteiger partial charge on any atom is -0.426 e. The van der Waals surface area contributed by atoms with Gasteiger partial charge in [0.15, 0.2) is 11.0 Å². The Morgan fingerprint density at radius 1 is 0.931 bits per heavy atom. The molecule has 0 aliphatic heterocycles. The third-order valence-electron chi connectivity index (χ3n) is 4.22. The molecule has 0 aliphatic carbocycles.